The molecule has 0 spiro atoms. The van der Waals surface area contributed by atoms with Crippen LogP contribution in [0.2, 0.25) is 0 Å². The van der Waals surface area contributed by atoms with Gasteiger partial charge in [-0.15, -0.1) is 0 Å². The first kappa shape index (κ1) is 18.2. The monoisotopic (exact) mass is 350 g/mol. The van der Waals surface area contributed by atoms with Crippen molar-refractivity contribution in [1.29, 1.82) is 0 Å². The largest absolute Gasteiger partial charge is 0.445 e. The van der Waals surface area contributed by atoms with Crippen molar-refractivity contribution >= 4 is 16.7 Å². The van der Waals surface area contributed by atoms with Crippen molar-refractivity contribution in [1.82, 2.24) is 10.3 Å². The molecule has 1 aromatic heterocycles. The van der Waals surface area contributed by atoms with E-state index in [0.717, 1.165) is 11.3 Å². The van der Waals surface area contributed by atoms with E-state index in [4.69, 9.17) is 4.42 Å². The lowest BCUT2D eigenvalue weighted by molar-refractivity contribution is -0.121. The first-order valence-corrected chi connectivity index (χ1v) is 9.06. The third-order valence-corrected chi connectivity index (χ3v) is 4.51. The number of nitrogens with zero attached hydrogens (tertiary/aromatic N) is 1. The van der Waals surface area contributed by atoms with Crippen LogP contribution in [-0.2, 0) is 16.6 Å². The van der Waals surface area contributed by atoms with Crippen molar-refractivity contribution in [3.05, 3.63) is 65.9 Å². The molecule has 0 radical (unpaired) electrons. The van der Waals surface area contributed by atoms with Gasteiger partial charge in [-0.25, -0.2) is 4.98 Å². The predicted octanol–water partition coefficient (Wildman–Crippen LogP) is 4.94. The Labute approximate surface area is 154 Å². The molecule has 0 bridgehead atoms. The van der Waals surface area contributed by atoms with Crippen LogP contribution in [0, 0.1) is 0 Å². The van der Waals surface area contributed by atoms with E-state index in [1.165, 1.54) is 10.8 Å². The van der Waals surface area contributed by atoms with Gasteiger partial charge in [0.15, 0.2) is 5.89 Å². The van der Waals surface area contributed by atoms with Gasteiger partial charge >= 0.3 is 0 Å². The molecule has 0 aliphatic rings. The maximum absolute atomic E-state index is 12.3. The Morgan fingerprint density at radius 3 is 2.58 bits per heavy atom. The highest BCUT2D eigenvalue weighted by Gasteiger charge is 2.19. The molecule has 2 aromatic carbocycles. The Bertz CT molecular complexity index is 906. The second-order valence-corrected chi connectivity index (χ2v) is 7.76. The molecule has 0 aliphatic carbocycles. The normalized spacial score (nSPS) is 12.9. The number of fused-ring (bicyclic) bond motifs is 1. The molecule has 0 saturated carbocycles. The summed E-state index contributed by atoms with van der Waals surface area (Å²) in [6, 6.07) is 14.5. The van der Waals surface area contributed by atoms with Gasteiger partial charge in [0.25, 0.3) is 0 Å². The van der Waals surface area contributed by atoms with Crippen molar-refractivity contribution in [2.24, 2.45) is 0 Å². The highest BCUT2D eigenvalue weighted by molar-refractivity contribution is 5.83. The quantitative estimate of drug-likeness (QED) is 0.709. The number of aryl methyl sites for hydroxylation is 1. The number of nitrogens with one attached hydrogen (secondary N) is 1. The van der Waals surface area contributed by atoms with E-state index in [1.54, 1.807) is 6.20 Å². The Hall–Kier alpha value is -2.62. The third kappa shape index (κ3) is 4.31. The van der Waals surface area contributed by atoms with Crippen molar-refractivity contribution in [3.63, 3.8) is 0 Å². The van der Waals surface area contributed by atoms with Gasteiger partial charge in [0.2, 0.25) is 5.91 Å². The Morgan fingerprint density at radius 2 is 1.88 bits per heavy atom. The number of carbonyl (C=O) groups is 1. The van der Waals surface area contributed by atoms with E-state index in [9.17, 15) is 4.79 Å². The highest BCUT2D eigenvalue weighted by Crippen LogP contribution is 2.23. The minimum atomic E-state index is -0.0713. The molecule has 4 heteroatoms. The first-order chi connectivity index (χ1) is 12.3. The van der Waals surface area contributed by atoms with Gasteiger partial charge < -0.3 is 9.73 Å². The molecule has 0 saturated heterocycles. The van der Waals surface area contributed by atoms with Crippen LogP contribution >= 0.6 is 0 Å². The molecule has 136 valence electrons. The van der Waals surface area contributed by atoms with Crippen LogP contribution in [-0.4, -0.2) is 10.9 Å². The fraction of sp³-hybridized carbons (Fsp3) is 0.364. The Kier molecular flexibility index (Phi) is 5.12. The van der Waals surface area contributed by atoms with Gasteiger partial charge in [-0.3, -0.25) is 4.79 Å². The molecule has 1 amide bonds. The number of amides is 1. The zero-order valence-electron chi connectivity index (χ0n) is 15.9. The number of hydrogen-bond acceptors (Lipinski definition) is 3. The Balaban J connectivity index is 1.57. The number of hydrogen-bond donors (Lipinski definition) is 1. The molecular formula is C22H26N2O2. The van der Waals surface area contributed by atoms with Crippen LogP contribution in [0.15, 0.2) is 53.1 Å². The van der Waals surface area contributed by atoms with Gasteiger partial charge in [0.1, 0.15) is 5.76 Å². The maximum atomic E-state index is 12.3. The van der Waals surface area contributed by atoms with Crippen molar-refractivity contribution in [2.75, 3.05) is 0 Å². The molecule has 1 atom stereocenters. The summed E-state index contributed by atoms with van der Waals surface area (Å²) in [4.78, 5) is 16.6. The summed E-state index contributed by atoms with van der Waals surface area (Å²) in [6.07, 6.45) is 2.62. The molecule has 0 aliphatic heterocycles. The average Bonchev–Trinajstić information content (AvgIpc) is 3.09. The maximum Gasteiger partial charge on any atom is 0.220 e. The SMILES string of the molecule is CC(NC(=O)CCc1ncc(C(C)(C)C)o1)c1ccc2ccccc2c1. The summed E-state index contributed by atoms with van der Waals surface area (Å²) in [5.74, 6) is 1.46. The fourth-order valence-electron chi connectivity index (χ4n) is 2.87. The minimum absolute atomic E-state index is 0.00108. The van der Waals surface area contributed by atoms with E-state index in [1.807, 2.05) is 19.1 Å². The predicted molar refractivity (Wildman–Crippen MR) is 104 cm³/mol. The summed E-state index contributed by atoms with van der Waals surface area (Å²) >= 11 is 0. The molecule has 1 N–H and O–H groups in total. The number of oxazole rings is 1. The number of benzene rings is 2. The zero-order chi connectivity index (χ0) is 18.7. The van der Waals surface area contributed by atoms with E-state index >= 15 is 0 Å². The van der Waals surface area contributed by atoms with Gasteiger partial charge in [0.05, 0.1) is 12.2 Å². The fourth-order valence-corrected chi connectivity index (χ4v) is 2.87. The van der Waals surface area contributed by atoms with Crippen LogP contribution < -0.4 is 5.32 Å². The second-order valence-electron chi connectivity index (χ2n) is 7.76. The van der Waals surface area contributed by atoms with Crippen LogP contribution in [0.1, 0.15) is 57.4 Å². The van der Waals surface area contributed by atoms with Crippen molar-refractivity contribution in [2.45, 2.75) is 52.0 Å². The van der Waals surface area contributed by atoms with Gasteiger partial charge in [-0.05, 0) is 29.3 Å². The number of aromatic nitrogens is 1. The van der Waals surface area contributed by atoms with Gasteiger partial charge in [-0.2, -0.15) is 0 Å². The van der Waals surface area contributed by atoms with E-state index in [2.05, 4.69) is 61.4 Å². The van der Waals surface area contributed by atoms with Crippen LogP contribution in [0.3, 0.4) is 0 Å². The summed E-state index contributed by atoms with van der Waals surface area (Å²) in [7, 11) is 0. The average molecular weight is 350 g/mol. The lowest BCUT2D eigenvalue weighted by atomic mass is 9.94. The van der Waals surface area contributed by atoms with Crippen molar-refractivity contribution < 1.29 is 9.21 Å². The molecule has 0 fully saturated rings. The summed E-state index contributed by atoms with van der Waals surface area (Å²) in [6.45, 7) is 8.24. The standard InChI is InChI=1S/C22H26N2O2/c1-15(17-10-9-16-7-5-6-8-18(16)13-17)24-20(25)11-12-21-23-14-19(26-21)22(2,3)4/h5-10,13-15H,11-12H2,1-4H3,(H,24,25). The zero-order valence-corrected chi connectivity index (χ0v) is 15.9. The van der Waals surface area contributed by atoms with Crippen LogP contribution in [0.4, 0.5) is 0 Å². The molecule has 3 aromatic rings. The van der Waals surface area contributed by atoms with Crippen molar-refractivity contribution in [3.8, 4) is 0 Å². The van der Waals surface area contributed by atoms with Gasteiger partial charge in [0, 0.05) is 18.3 Å². The van der Waals surface area contributed by atoms with E-state index in [0.29, 0.717) is 18.7 Å². The van der Waals surface area contributed by atoms with Crippen LogP contribution in [0.5, 0.6) is 0 Å². The molecule has 4 nitrogen and oxygen atoms in total. The highest BCUT2D eigenvalue weighted by atomic mass is 16.4. The van der Waals surface area contributed by atoms with E-state index in [-0.39, 0.29) is 17.4 Å². The first-order valence-electron chi connectivity index (χ1n) is 9.06. The van der Waals surface area contributed by atoms with Crippen LogP contribution in [0.25, 0.3) is 10.8 Å². The van der Waals surface area contributed by atoms with E-state index < -0.39 is 0 Å². The number of rotatable bonds is 5. The molecule has 1 unspecified atom stereocenters. The topological polar surface area (TPSA) is 55.1 Å². The molecular weight excluding hydrogens is 324 g/mol. The second kappa shape index (κ2) is 7.32. The molecule has 3 rings (SSSR count). The summed E-state index contributed by atoms with van der Waals surface area (Å²) < 4.78 is 5.75. The number of carbonyl (C=O) groups excluding carboxylic acids is 1. The smallest absolute Gasteiger partial charge is 0.220 e. The summed E-state index contributed by atoms with van der Waals surface area (Å²) in [5, 5.41) is 5.44. The summed E-state index contributed by atoms with van der Waals surface area (Å²) in [5.41, 5.74) is 1.03. The molecule has 26 heavy (non-hydrogen) atoms. The lowest BCUT2D eigenvalue weighted by Gasteiger charge is -2.15. The lowest BCUT2D eigenvalue weighted by Crippen LogP contribution is -2.26. The van der Waals surface area contributed by atoms with Gasteiger partial charge in [-0.1, -0.05) is 57.2 Å². The third-order valence-electron chi connectivity index (χ3n) is 4.51. The Morgan fingerprint density at radius 1 is 1.15 bits per heavy atom. The molecule has 1 heterocycles. The minimum Gasteiger partial charge on any atom is -0.445 e.